The Morgan fingerprint density at radius 3 is 3.17 bits per heavy atom. The summed E-state index contributed by atoms with van der Waals surface area (Å²) in [6.45, 7) is 2.95. The quantitative estimate of drug-likeness (QED) is 0.910. The van der Waals surface area contributed by atoms with Crippen LogP contribution in [0.1, 0.15) is 27.3 Å². The molecule has 0 spiro atoms. The van der Waals surface area contributed by atoms with E-state index in [1.165, 1.54) is 29.7 Å². The highest BCUT2D eigenvalue weighted by Gasteiger charge is 2.14. The molecule has 0 unspecified atom stereocenters. The van der Waals surface area contributed by atoms with E-state index in [0.717, 1.165) is 16.8 Å². The van der Waals surface area contributed by atoms with Crippen molar-refractivity contribution >= 4 is 33.1 Å². The van der Waals surface area contributed by atoms with E-state index >= 15 is 0 Å². The van der Waals surface area contributed by atoms with Gasteiger partial charge in [-0.05, 0) is 65.4 Å². The zero-order valence-electron chi connectivity index (χ0n) is 10.3. The lowest BCUT2D eigenvalue weighted by atomic mass is 10.2. The van der Waals surface area contributed by atoms with Crippen LogP contribution in [0.2, 0.25) is 0 Å². The average Bonchev–Trinajstić information content (AvgIpc) is 2.91. The Hall–Kier alpha value is -0.870. The number of aryl methyl sites for hydroxylation is 3. The monoisotopic (exact) mass is 322 g/mol. The minimum atomic E-state index is 0.868. The Bertz CT molecular complexity index is 556. The summed E-state index contributed by atoms with van der Waals surface area (Å²) in [4.78, 5) is 7.36. The van der Waals surface area contributed by atoms with Crippen molar-refractivity contribution in [2.24, 2.45) is 0 Å². The molecule has 0 aliphatic heterocycles. The summed E-state index contributed by atoms with van der Waals surface area (Å²) >= 11 is 5.52. The number of anilines is 1. The molecule has 1 aliphatic carbocycles. The number of fused-ring (bicyclic) bond motifs is 1. The van der Waals surface area contributed by atoms with Gasteiger partial charge in [-0.15, -0.1) is 11.3 Å². The van der Waals surface area contributed by atoms with Gasteiger partial charge in [0.25, 0.3) is 0 Å². The molecule has 1 aliphatic rings. The second-order valence-corrected chi connectivity index (χ2v) is 6.67. The summed E-state index contributed by atoms with van der Waals surface area (Å²) in [6, 6.07) is 4.36. The molecule has 4 heteroatoms. The van der Waals surface area contributed by atoms with E-state index in [1.54, 1.807) is 10.4 Å². The summed E-state index contributed by atoms with van der Waals surface area (Å²) in [5, 5.41) is 3.41. The van der Waals surface area contributed by atoms with E-state index in [4.69, 9.17) is 0 Å². The predicted octanol–water partition coefficient (Wildman–Crippen LogP) is 4.31. The van der Waals surface area contributed by atoms with Crippen molar-refractivity contribution in [3.8, 4) is 0 Å². The van der Waals surface area contributed by atoms with E-state index in [2.05, 4.69) is 39.2 Å². The van der Waals surface area contributed by atoms with Gasteiger partial charge in [0.1, 0.15) is 5.82 Å². The van der Waals surface area contributed by atoms with E-state index in [0.29, 0.717) is 0 Å². The van der Waals surface area contributed by atoms with Crippen LogP contribution in [0.4, 0.5) is 5.82 Å². The van der Waals surface area contributed by atoms with Gasteiger partial charge in [-0.3, -0.25) is 0 Å². The summed E-state index contributed by atoms with van der Waals surface area (Å²) < 4.78 is 1.06. The molecule has 18 heavy (non-hydrogen) atoms. The minimum Gasteiger partial charge on any atom is -0.364 e. The van der Waals surface area contributed by atoms with Gasteiger partial charge < -0.3 is 5.32 Å². The summed E-state index contributed by atoms with van der Waals surface area (Å²) in [6.07, 6.45) is 5.71. The largest absolute Gasteiger partial charge is 0.364 e. The maximum Gasteiger partial charge on any atom is 0.140 e. The third-order valence-corrected chi connectivity index (χ3v) is 5.55. The van der Waals surface area contributed by atoms with E-state index in [-0.39, 0.29) is 0 Å². The van der Waals surface area contributed by atoms with E-state index in [9.17, 15) is 0 Å². The van der Waals surface area contributed by atoms with Gasteiger partial charge in [0.2, 0.25) is 0 Å². The van der Waals surface area contributed by atoms with Crippen LogP contribution in [0, 0.1) is 6.92 Å². The standard InChI is InChI=1S/C14H15BrN2S/c1-9-5-6-16-14(13(9)15)17-8-11-7-10-3-2-4-12(10)18-11/h5-7H,2-4,8H2,1H3,(H,16,17). The van der Waals surface area contributed by atoms with E-state index < -0.39 is 0 Å². The molecule has 0 aromatic carbocycles. The number of nitrogens with one attached hydrogen (secondary N) is 1. The molecular formula is C14H15BrN2S. The highest BCUT2D eigenvalue weighted by molar-refractivity contribution is 9.10. The zero-order chi connectivity index (χ0) is 12.5. The van der Waals surface area contributed by atoms with Crippen LogP contribution in [0.3, 0.4) is 0 Å². The summed E-state index contributed by atoms with van der Waals surface area (Å²) in [5.41, 5.74) is 2.77. The Morgan fingerprint density at radius 1 is 1.44 bits per heavy atom. The number of rotatable bonds is 3. The normalized spacial score (nSPS) is 13.7. The maximum absolute atomic E-state index is 4.36. The number of hydrogen-bond donors (Lipinski definition) is 1. The first kappa shape index (κ1) is 12.2. The third kappa shape index (κ3) is 2.31. The first-order valence-corrected chi connectivity index (χ1v) is 7.80. The van der Waals surface area contributed by atoms with Gasteiger partial charge in [-0.25, -0.2) is 4.98 Å². The lowest BCUT2D eigenvalue weighted by Gasteiger charge is -2.07. The predicted molar refractivity (Wildman–Crippen MR) is 80.3 cm³/mol. The average molecular weight is 323 g/mol. The van der Waals surface area contributed by atoms with Crippen LogP contribution in [-0.4, -0.2) is 4.98 Å². The molecular weight excluding hydrogens is 308 g/mol. The van der Waals surface area contributed by atoms with Crippen LogP contribution in [-0.2, 0) is 19.4 Å². The van der Waals surface area contributed by atoms with Crippen LogP contribution >= 0.6 is 27.3 Å². The molecule has 0 radical (unpaired) electrons. The lowest BCUT2D eigenvalue weighted by molar-refractivity contribution is 0.913. The smallest absolute Gasteiger partial charge is 0.140 e. The fourth-order valence-electron chi connectivity index (χ4n) is 2.31. The number of hydrogen-bond acceptors (Lipinski definition) is 3. The van der Waals surface area contributed by atoms with Gasteiger partial charge in [-0.2, -0.15) is 0 Å². The maximum atomic E-state index is 4.36. The fourth-order valence-corrected chi connectivity index (χ4v) is 3.89. The highest BCUT2D eigenvalue weighted by Crippen LogP contribution is 2.31. The first-order chi connectivity index (χ1) is 8.74. The molecule has 0 bridgehead atoms. The second kappa shape index (κ2) is 5.02. The van der Waals surface area contributed by atoms with Crippen molar-refractivity contribution in [2.45, 2.75) is 32.7 Å². The molecule has 94 valence electrons. The Kier molecular flexibility index (Phi) is 3.39. The molecule has 0 saturated carbocycles. The summed E-state index contributed by atoms with van der Waals surface area (Å²) in [5.74, 6) is 0.934. The van der Waals surface area contributed by atoms with Crippen molar-refractivity contribution in [3.63, 3.8) is 0 Å². The number of pyridine rings is 1. The van der Waals surface area contributed by atoms with Gasteiger partial charge in [-0.1, -0.05) is 0 Å². The molecule has 2 nitrogen and oxygen atoms in total. The lowest BCUT2D eigenvalue weighted by Crippen LogP contribution is -2.01. The van der Waals surface area contributed by atoms with Gasteiger partial charge in [0.05, 0.1) is 11.0 Å². The SMILES string of the molecule is Cc1ccnc(NCc2cc3c(s2)CCC3)c1Br. The highest BCUT2D eigenvalue weighted by atomic mass is 79.9. The van der Waals surface area contributed by atoms with Crippen molar-refractivity contribution in [1.82, 2.24) is 4.98 Å². The Labute approximate surface area is 120 Å². The molecule has 0 saturated heterocycles. The van der Waals surface area contributed by atoms with Crippen LogP contribution in [0.15, 0.2) is 22.8 Å². The molecule has 0 fully saturated rings. The van der Waals surface area contributed by atoms with Crippen LogP contribution in [0.25, 0.3) is 0 Å². The van der Waals surface area contributed by atoms with E-state index in [1.807, 2.05) is 23.6 Å². The topological polar surface area (TPSA) is 24.9 Å². The molecule has 2 aromatic rings. The molecule has 1 N–H and O–H groups in total. The Balaban J connectivity index is 1.72. The summed E-state index contributed by atoms with van der Waals surface area (Å²) in [7, 11) is 0. The number of nitrogens with zero attached hydrogens (tertiary/aromatic N) is 1. The molecule has 0 atom stereocenters. The van der Waals surface area contributed by atoms with Crippen LogP contribution in [0.5, 0.6) is 0 Å². The number of thiophene rings is 1. The van der Waals surface area contributed by atoms with Crippen LogP contribution < -0.4 is 5.32 Å². The zero-order valence-corrected chi connectivity index (χ0v) is 12.7. The molecule has 2 heterocycles. The van der Waals surface area contributed by atoms with Crippen molar-refractivity contribution in [3.05, 3.63) is 43.7 Å². The van der Waals surface area contributed by atoms with Gasteiger partial charge >= 0.3 is 0 Å². The Morgan fingerprint density at radius 2 is 2.33 bits per heavy atom. The number of aromatic nitrogens is 1. The first-order valence-electron chi connectivity index (χ1n) is 6.19. The fraction of sp³-hybridized carbons (Fsp3) is 0.357. The van der Waals surface area contributed by atoms with Crippen molar-refractivity contribution in [2.75, 3.05) is 5.32 Å². The second-order valence-electron chi connectivity index (χ2n) is 4.66. The van der Waals surface area contributed by atoms with Crippen molar-refractivity contribution in [1.29, 1.82) is 0 Å². The van der Waals surface area contributed by atoms with Gasteiger partial charge in [0, 0.05) is 16.0 Å². The number of halogens is 1. The molecule has 0 amide bonds. The molecule has 3 rings (SSSR count). The minimum absolute atomic E-state index is 0.868. The van der Waals surface area contributed by atoms with Crippen molar-refractivity contribution < 1.29 is 0 Å². The van der Waals surface area contributed by atoms with Gasteiger partial charge in [0.15, 0.2) is 0 Å². The molecule has 2 aromatic heterocycles. The third-order valence-electron chi connectivity index (χ3n) is 3.31.